The molecule has 1 unspecified atom stereocenters. The molecule has 2 rings (SSSR count). The molecule has 0 saturated heterocycles. The Bertz CT molecular complexity index is 854. The van der Waals surface area contributed by atoms with Crippen LogP contribution in [0.25, 0.3) is 5.69 Å². The average Bonchev–Trinajstić information content (AvgIpc) is 3.47. The number of unbranched alkanes of at least 4 members (excludes halogenated alkanes) is 16. The van der Waals surface area contributed by atoms with Crippen LogP contribution >= 0.6 is 0 Å². The van der Waals surface area contributed by atoms with Gasteiger partial charge in [-0.15, -0.1) is 0 Å². The quantitative estimate of drug-likeness (QED) is 0.119. The van der Waals surface area contributed by atoms with Crippen LogP contribution in [0.3, 0.4) is 0 Å². The molecule has 38 heavy (non-hydrogen) atoms. The van der Waals surface area contributed by atoms with Crippen molar-refractivity contribution in [2.24, 2.45) is 0 Å². The van der Waals surface area contributed by atoms with E-state index in [-0.39, 0.29) is 35.1 Å². The monoisotopic (exact) mass is 691 g/mol. The van der Waals surface area contributed by atoms with Gasteiger partial charge >= 0.3 is 0 Å². The van der Waals surface area contributed by atoms with E-state index in [0.717, 1.165) is 18.4 Å². The van der Waals surface area contributed by atoms with E-state index in [1.54, 1.807) is 11.0 Å². The minimum Gasteiger partial charge on any atom is -0.394 e. The minimum atomic E-state index is -0.156. The summed E-state index contributed by atoms with van der Waals surface area (Å²) in [5, 5.41) is 23.3. The number of nitriles is 1. The van der Waals surface area contributed by atoms with Gasteiger partial charge in [0.15, 0.2) is 0 Å². The fraction of sp³-hybridized carbons (Fsp3) is 0.710. The van der Waals surface area contributed by atoms with E-state index in [2.05, 4.69) is 23.1 Å². The molecule has 211 valence electrons. The number of ether oxygens (including phenoxy) is 1. The molecule has 1 heterocycles. The van der Waals surface area contributed by atoms with Gasteiger partial charge in [-0.05, 0) is 24.1 Å². The minimum absolute atomic E-state index is 0. The van der Waals surface area contributed by atoms with Gasteiger partial charge in [-0.2, -0.15) is 10.4 Å². The van der Waals surface area contributed by atoms with Crippen LogP contribution in [0, 0.1) is 11.3 Å². The second-order valence-electron chi connectivity index (χ2n) is 10.4. The summed E-state index contributed by atoms with van der Waals surface area (Å²) in [7, 11) is 0. The van der Waals surface area contributed by atoms with Crippen molar-refractivity contribution < 1.29 is 32.2 Å². The number of rotatable bonds is 23. The van der Waals surface area contributed by atoms with Crippen molar-refractivity contribution in [1.82, 2.24) is 14.8 Å². The van der Waals surface area contributed by atoms with Gasteiger partial charge in [0.25, 0.3) is 0 Å². The Balaban J connectivity index is 0.00000722. The Morgan fingerprint density at radius 1 is 0.868 bits per heavy atom. The van der Waals surface area contributed by atoms with Crippen LogP contribution in [-0.2, 0) is 33.7 Å². The molecule has 1 radical (unpaired) electrons. The number of aliphatic hydroxyl groups excluding tert-OH is 1. The summed E-state index contributed by atoms with van der Waals surface area (Å²) in [5.74, 6) is 0. The molecule has 1 aromatic carbocycles. The maximum atomic E-state index is 9.71. The third-order valence-electron chi connectivity index (χ3n) is 7.17. The Labute approximate surface area is 247 Å². The molecule has 1 atom stereocenters. The summed E-state index contributed by atoms with van der Waals surface area (Å²) in [5.41, 5.74) is 2.15. The first kappa shape index (κ1) is 34.5. The van der Waals surface area contributed by atoms with Crippen LogP contribution in [0.4, 0.5) is 0 Å². The number of benzene rings is 1. The van der Waals surface area contributed by atoms with Gasteiger partial charge in [0.2, 0.25) is 0 Å². The van der Waals surface area contributed by atoms with Crippen molar-refractivity contribution in [3.8, 4) is 11.8 Å². The van der Waals surface area contributed by atoms with E-state index < -0.39 is 0 Å². The van der Waals surface area contributed by atoms with Crippen molar-refractivity contribution in [2.75, 3.05) is 6.61 Å². The topological polar surface area (TPSA) is 84.0 Å². The fourth-order valence-electron chi connectivity index (χ4n) is 4.83. The predicted molar refractivity (Wildman–Crippen MR) is 151 cm³/mol. The van der Waals surface area contributed by atoms with Gasteiger partial charge in [-0.3, -0.25) is 0 Å². The van der Waals surface area contributed by atoms with Crippen LogP contribution in [0.5, 0.6) is 0 Å². The predicted octanol–water partition coefficient (Wildman–Crippen LogP) is 8.06. The Kier molecular flexibility index (Phi) is 21.3. The second kappa shape index (κ2) is 23.4. The summed E-state index contributed by atoms with van der Waals surface area (Å²) in [6.07, 6.45) is 26.9. The van der Waals surface area contributed by atoms with E-state index in [9.17, 15) is 10.4 Å². The fourth-order valence-corrected chi connectivity index (χ4v) is 4.83. The van der Waals surface area contributed by atoms with Crippen LogP contribution in [0.2, 0.25) is 0 Å². The van der Waals surface area contributed by atoms with Gasteiger partial charge in [0.05, 0.1) is 30.6 Å². The first-order chi connectivity index (χ1) is 18.3. The SMILES string of the molecule is CCCCCCCCCCCCCCCCCCCC(CO)OCc1ccc(-n2cncn2)c(C#N)c1.[Ta]. The number of hydrogen-bond donors (Lipinski definition) is 1. The third-order valence-corrected chi connectivity index (χ3v) is 7.17. The van der Waals surface area contributed by atoms with E-state index in [0.29, 0.717) is 17.9 Å². The summed E-state index contributed by atoms with van der Waals surface area (Å²) in [4.78, 5) is 3.94. The molecule has 7 heteroatoms. The molecule has 0 aliphatic heterocycles. The van der Waals surface area contributed by atoms with E-state index in [4.69, 9.17) is 4.74 Å². The molecule has 0 aliphatic rings. The van der Waals surface area contributed by atoms with Crippen molar-refractivity contribution in [3.05, 3.63) is 42.0 Å². The maximum Gasteiger partial charge on any atom is 0.138 e. The Morgan fingerprint density at radius 3 is 1.89 bits per heavy atom. The molecule has 0 fully saturated rings. The largest absolute Gasteiger partial charge is 0.394 e. The van der Waals surface area contributed by atoms with Gasteiger partial charge in [-0.1, -0.05) is 122 Å². The first-order valence-electron chi connectivity index (χ1n) is 14.9. The summed E-state index contributed by atoms with van der Waals surface area (Å²) < 4.78 is 7.52. The summed E-state index contributed by atoms with van der Waals surface area (Å²) in [6, 6.07) is 7.83. The average molecular weight is 692 g/mol. The Morgan fingerprint density at radius 2 is 1.42 bits per heavy atom. The molecular formula is C31H50N4O2Ta. The van der Waals surface area contributed by atoms with Crippen molar-refractivity contribution in [2.45, 2.75) is 135 Å². The normalized spacial score (nSPS) is 11.7. The van der Waals surface area contributed by atoms with Crippen molar-refractivity contribution in [1.29, 1.82) is 5.26 Å². The van der Waals surface area contributed by atoms with Crippen LogP contribution in [0.1, 0.15) is 134 Å². The number of hydrogen-bond acceptors (Lipinski definition) is 5. The zero-order valence-corrected chi connectivity index (χ0v) is 26.9. The molecule has 0 amide bonds. The van der Waals surface area contributed by atoms with Crippen molar-refractivity contribution in [3.63, 3.8) is 0 Å². The van der Waals surface area contributed by atoms with Crippen LogP contribution in [0.15, 0.2) is 30.9 Å². The van der Waals surface area contributed by atoms with E-state index >= 15 is 0 Å². The van der Waals surface area contributed by atoms with Gasteiger partial charge in [0, 0.05) is 22.4 Å². The number of nitrogens with zero attached hydrogens (tertiary/aromatic N) is 4. The smallest absolute Gasteiger partial charge is 0.138 e. The second-order valence-corrected chi connectivity index (χ2v) is 10.4. The van der Waals surface area contributed by atoms with Gasteiger partial charge in [-0.25, -0.2) is 9.67 Å². The number of aliphatic hydroxyl groups is 1. The first-order valence-corrected chi connectivity index (χ1v) is 14.9. The van der Waals surface area contributed by atoms with Crippen molar-refractivity contribution >= 4 is 0 Å². The molecule has 1 N–H and O–H groups in total. The van der Waals surface area contributed by atoms with E-state index in [1.165, 1.54) is 109 Å². The number of aromatic nitrogens is 3. The molecule has 1 aromatic heterocycles. The molecule has 0 spiro atoms. The zero-order chi connectivity index (χ0) is 26.4. The standard InChI is InChI=1S/C31H50N4O2.Ta/c1-2-3-4-5-6-7-8-9-10-11-12-13-14-15-16-17-18-19-30(24-36)37-25-28-20-21-31(29(22-28)23-32)35-27-33-26-34-35;/h20-22,26-27,30,36H,2-19,24-25H2,1H3;. The molecule has 0 bridgehead atoms. The Hall–Kier alpha value is -1.49. The van der Waals surface area contributed by atoms with Crippen LogP contribution < -0.4 is 0 Å². The summed E-state index contributed by atoms with van der Waals surface area (Å²) in [6.45, 7) is 2.70. The molecule has 6 nitrogen and oxygen atoms in total. The van der Waals surface area contributed by atoms with Crippen LogP contribution in [-0.4, -0.2) is 32.6 Å². The zero-order valence-electron chi connectivity index (χ0n) is 23.7. The molecule has 2 aromatic rings. The molecule has 0 aliphatic carbocycles. The molecule has 0 saturated carbocycles. The summed E-state index contributed by atoms with van der Waals surface area (Å²) >= 11 is 0. The van der Waals surface area contributed by atoms with Gasteiger partial charge < -0.3 is 9.84 Å². The van der Waals surface area contributed by atoms with Gasteiger partial charge in [0.1, 0.15) is 18.7 Å². The molecular weight excluding hydrogens is 641 g/mol. The maximum absolute atomic E-state index is 9.71. The van der Waals surface area contributed by atoms with E-state index in [1.807, 2.05) is 18.2 Å². The third kappa shape index (κ3) is 15.2.